The van der Waals surface area contributed by atoms with Crippen molar-refractivity contribution < 1.29 is 14.3 Å². The van der Waals surface area contributed by atoms with E-state index in [0.717, 1.165) is 17.7 Å². The van der Waals surface area contributed by atoms with Gasteiger partial charge in [-0.2, -0.15) is 0 Å². The number of ether oxygens (including phenoxy) is 1. The largest absolute Gasteiger partial charge is 0.481 e. The molecule has 0 saturated heterocycles. The SMILES string of the molecule is Cc1cc(Cl)ccc1OC(C)C(=O)Nc1nc2c(s1)C(=O)CC(C)(C)C2. The minimum Gasteiger partial charge on any atom is -0.481 e. The molecule has 138 valence electrons. The Hall–Kier alpha value is -1.92. The molecular weight excluding hydrogens is 372 g/mol. The Labute approximate surface area is 161 Å². The van der Waals surface area contributed by atoms with Crippen molar-refractivity contribution in [3.63, 3.8) is 0 Å². The first-order valence-electron chi connectivity index (χ1n) is 8.41. The number of aryl methyl sites for hydroxylation is 1. The van der Waals surface area contributed by atoms with Crippen LogP contribution >= 0.6 is 22.9 Å². The molecule has 1 aliphatic carbocycles. The average molecular weight is 393 g/mol. The van der Waals surface area contributed by atoms with E-state index in [-0.39, 0.29) is 17.1 Å². The summed E-state index contributed by atoms with van der Waals surface area (Å²) in [6.45, 7) is 7.64. The molecule has 0 aliphatic heterocycles. The van der Waals surface area contributed by atoms with E-state index >= 15 is 0 Å². The lowest BCUT2D eigenvalue weighted by Gasteiger charge is -2.26. The van der Waals surface area contributed by atoms with Crippen LogP contribution in [0.5, 0.6) is 5.75 Å². The molecule has 0 fully saturated rings. The zero-order chi connectivity index (χ0) is 19.1. The average Bonchev–Trinajstić information content (AvgIpc) is 2.91. The van der Waals surface area contributed by atoms with Gasteiger partial charge in [0.1, 0.15) is 5.75 Å². The molecule has 1 aromatic heterocycles. The number of amides is 1. The predicted octanol–water partition coefficient (Wildman–Crippen LogP) is 4.67. The van der Waals surface area contributed by atoms with Crippen molar-refractivity contribution in [2.75, 3.05) is 5.32 Å². The fraction of sp³-hybridized carbons (Fsp3) is 0.421. The summed E-state index contributed by atoms with van der Waals surface area (Å²) < 4.78 is 5.73. The van der Waals surface area contributed by atoms with E-state index < -0.39 is 6.10 Å². The maximum atomic E-state index is 12.4. The minimum atomic E-state index is -0.706. The molecule has 2 aromatic rings. The van der Waals surface area contributed by atoms with Crippen LogP contribution in [0.15, 0.2) is 18.2 Å². The van der Waals surface area contributed by atoms with Gasteiger partial charge in [0.05, 0.1) is 10.6 Å². The van der Waals surface area contributed by atoms with Crippen LogP contribution in [0.3, 0.4) is 0 Å². The number of ketones is 1. The van der Waals surface area contributed by atoms with Gasteiger partial charge in [-0.3, -0.25) is 14.9 Å². The van der Waals surface area contributed by atoms with Crippen molar-refractivity contribution in [3.05, 3.63) is 39.4 Å². The minimum absolute atomic E-state index is 0.0929. The lowest BCUT2D eigenvalue weighted by molar-refractivity contribution is -0.122. The number of benzene rings is 1. The van der Waals surface area contributed by atoms with E-state index in [1.807, 2.05) is 6.92 Å². The van der Waals surface area contributed by atoms with Crippen LogP contribution in [0.25, 0.3) is 0 Å². The Morgan fingerprint density at radius 3 is 2.81 bits per heavy atom. The number of nitrogens with zero attached hydrogens (tertiary/aromatic N) is 1. The molecule has 1 amide bonds. The highest BCUT2D eigenvalue weighted by atomic mass is 35.5. The van der Waals surface area contributed by atoms with Crippen LogP contribution in [0.1, 0.15) is 48.1 Å². The maximum absolute atomic E-state index is 12.4. The van der Waals surface area contributed by atoms with Gasteiger partial charge in [0, 0.05) is 11.4 Å². The number of halogens is 1. The van der Waals surface area contributed by atoms with E-state index in [9.17, 15) is 9.59 Å². The predicted molar refractivity (Wildman–Crippen MR) is 103 cm³/mol. The van der Waals surface area contributed by atoms with Gasteiger partial charge in [-0.25, -0.2) is 4.98 Å². The molecule has 0 radical (unpaired) electrons. The quantitative estimate of drug-likeness (QED) is 0.821. The fourth-order valence-electron chi connectivity index (χ4n) is 2.97. The fourth-order valence-corrected chi connectivity index (χ4v) is 4.12. The number of fused-ring (bicyclic) bond motifs is 1. The number of hydrogen-bond acceptors (Lipinski definition) is 5. The molecule has 0 bridgehead atoms. The van der Waals surface area contributed by atoms with Gasteiger partial charge in [0.2, 0.25) is 0 Å². The number of carbonyl (C=O) groups excluding carboxylic acids is 2. The molecular formula is C19H21ClN2O3S. The molecule has 1 atom stereocenters. The summed E-state index contributed by atoms with van der Waals surface area (Å²) in [5.74, 6) is 0.389. The smallest absolute Gasteiger partial charge is 0.266 e. The Morgan fingerprint density at radius 2 is 2.12 bits per heavy atom. The van der Waals surface area contributed by atoms with Gasteiger partial charge < -0.3 is 4.74 Å². The lowest BCUT2D eigenvalue weighted by atomic mass is 9.78. The molecule has 1 unspecified atom stereocenters. The van der Waals surface area contributed by atoms with Crippen LogP contribution in [-0.4, -0.2) is 22.8 Å². The van der Waals surface area contributed by atoms with Gasteiger partial charge in [-0.05, 0) is 49.4 Å². The number of rotatable bonds is 4. The van der Waals surface area contributed by atoms with E-state index in [1.54, 1.807) is 25.1 Å². The summed E-state index contributed by atoms with van der Waals surface area (Å²) in [6.07, 6.45) is 0.532. The van der Waals surface area contributed by atoms with Crippen molar-refractivity contribution in [3.8, 4) is 5.75 Å². The molecule has 3 rings (SSSR count). The van der Waals surface area contributed by atoms with Gasteiger partial charge in [-0.1, -0.05) is 36.8 Å². The third-order valence-corrected chi connectivity index (χ3v) is 5.57. The molecule has 1 aromatic carbocycles. The number of hydrogen-bond donors (Lipinski definition) is 1. The number of nitrogens with one attached hydrogen (secondary N) is 1. The Morgan fingerprint density at radius 1 is 1.38 bits per heavy atom. The summed E-state index contributed by atoms with van der Waals surface area (Å²) in [6, 6.07) is 5.24. The number of Topliss-reactive ketones (excluding diaryl/α,β-unsaturated/α-hetero) is 1. The first-order valence-corrected chi connectivity index (χ1v) is 9.61. The molecule has 1 aliphatic rings. The molecule has 0 saturated carbocycles. The van der Waals surface area contributed by atoms with Crippen LogP contribution in [0.2, 0.25) is 5.02 Å². The van der Waals surface area contributed by atoms with E-state index in [0.29, 0.717) is 27.2 Å². The first kappa shape index (κ1) is 18.9. The molecule has 0 spiro atoms. The maximum Gasteiger partial charge on any atom is 0.266 e. The molecule has 5 nitrogen and oxygen atoms in total. The molecule has 26 heavy (non-hydrogen) atoms. The number of thiazole rings is 1. The Kier molecular flexibility index (Phi) is 5.08. The van der Waals surface area contributed by atoms with E-state index in [2.05, 4.69) is 24.1 Å². The second-order valence-electron chi connectivity index (χ2n) is 7.39. The van der Waals surface area contributed by atoms with Gasteiger partial charge in [-0.15, -0.1) is 0 Å². The van der Waals surface area contributed by atoms with Crippen LogP contribution < -0.4 is 10.1 Å². The van der Waals surface area contributed by atoms with Gasteiger partial charge in [0.25, 0.3) is 5.91 Å². The molecule has 1 heterocycles. The van der Waals surface area contributed by atoms with Gasteiger partial charge >= 0.3 is 0 Å². The number of aromatic nitrogens is 1. The monoisotopic (exact) mass is 392 g/mol. The molecule has 7 heteroatoms. The number of carbonyl (C=O) groups is 2. The topological polar surface area (TPSA) is 68.3 Å². The van der Waals surface area contributed by atoms with Crippen molar-refractivity contribution in [2.45, 2.75) is 46.6 Å². The summed E-state index contributed by atoms with van der Waals surface area (Å²) in [5, 5.41) is 3.82. The highest BCUT2D eigenvalue weighted by Crippen LogP contribution is 2.38. The van der Waals surface area contributed by atoms with Crippen LogP contribution in [0, 0.1) is 12.3 Å². The Bertz CT molecular complexity index is 876. The summed E-state index contributed by atoms with van der Waals surface area (Å²) in [5.41, 5.74) is 1.53. The highest BCUT2D eigenvalue weighted by molar-refractivity contribution is 7.17. The molecule has 1 N–H and O–H groups in total. The summed E-state index contributed by atoms with van der Waals surface area (Å²) in [4.78, 5) is 29.8. The Balaban J connectivity index is 1.69. The third kappa shape index (κ3) is 4.07. The van der Waals surface area contributed by atoms with E-state index in [4.69, 9.17) is 16.3 Å². The van der Waals surface area contributed by atoms with Crippen molar-refractivity contribution in [1.29, 1.82) is 0 Å². The summed E-state index contributed by atoms with van der Waals surface area (Å²) in [7, 11) is 0. The third-order valence-electron chi connectivity index (χ3n) is 4.28. The zero-order valence-corrected chi connectivity index (χ0v) is 16.8. The van der Waals surface area contributed by atoms with Crippen LogP contribution in [0.4, 0.5) is 5.13 Å². The van der Waals surface area contributed by atoms with Crippen molar-refractivity contribution in [2.24, 2.45) is 5.41 Å². The number of anilines is 1. The zero-order valence-electron chi connectivity index (χ0n) is 15.2. The van der Waals surface area contributed by atoms with Crippen molar-refractivity contribution >= 4 is 39.8 Å². The lowest BCUT2D eigenvalue weighted by Crippen LogP contribution is -2.30. The first-order chi connectivity index (χ1) is 12.1. The van der Waals surface area contributed by atoms with Crippen LogP contribution in [-0.2, 0) is 11.2 Å². The standard InChI is InChI=1S/C19H21ClN2O3S/c1-10-7-12(20)5-6-15(10)25-11(2)17(24)22-18-21-13-8-19(3,4)9-14(23)16(13)26-18/h5-7,11H,8-9H2,1-4H3,(H,21,22,24). The highest BCUT2D eigenvalue weighted by Gasteiger charge is 2.34. The van der Waals surface area contributed by atoms with Crippen molar-refractivity contribution in [1.82, 2.24) is 4.98 Å². The normalized spacial score (nSPS) is 16.7. The van der Waals surface area contributed by atoms with E-state index in [1.165, 1.54) is 11.3 Å². The second kappa shape index (κ2) is 7.00. The second-order valence-corrected chi connectivity index (χ2v) is 8.83. The summed E-state index contributed by atoms with van der Waals surface area (Å²) >= 11 is 7.17. The van der Waals surface area contributed by atoms with Gasteiger partial charge in [0.15, 0.2) is 17.0 Å².